The molecule has 0 radical (unpaired) electrons. The van der Waals surface area contributed by atoms with Crippen molar-refractivity contribution in [2.45, 2.75) is 6.54 Å². The van der Waals surface area contributed by atoms with E-state index in [0.717, 1.165) is 39.3 Å². The zero-order chi connectivity index (χ0) is 17.5. The van der Waals surface area contributed by atoms with Crippen molar-refractivity contribution in [3.8, 4) is 0 Å². The Morgan fingerprint density at radius 2 is 1.31 bits per heavy atom. The molecule has 4 aromatic rings. The highest BCUT2D eigenvalue weighted by Gasteiger charge is 2.18. The first kappa shape index (κ1) is 16.0. The first-order chi connectivity index (χ1) is 12.8. The molecular formula is C23H24N2O. The van der Waals surface area contributed by atoms with Gasteiger partial charge in [0.1, 0.15) is 0 Å². The molecule has 1 saturated heterocycles. The lowest BCUT2D eigenvalue weighted by Crippen LogP contribution is -2.46. The fourth-order valence-electron chi connectivity index (χ4n) is 4.49. The van der Waals surface area contributed by atoms with E-state index in [0.29, 0.717) is 0 Å². The summed E-state index contributed by atoms with van der Waals surface area (Å²) in [4.78, 5) is 4.89. The van der Waals surface area contributed by atoms with Gasteiger partial charge in [0.2, 0.25) is 0 Å². The largest absolute Gasteiger partial charge is 0.395 e. The van der Waals surface area contributed by atoms with Crippen LogP contribution in [0.3, 0.4) is 0 Å². The lowest BCUT2D eigenvalue weighted by Gasteiger charge is -2.34. The zero-order valence-electron chi connectivity index (χ0n) is 15.0. The summed E-state index contributed by atoms with van der Waals surface area (Å²) in [7, 11) is 0. The Kier molecular flexibility index (Phi) is 4.01. The Bertz CT molecular complexity index is 1030. The van der Waals surface area contributed by atoms with Gasteiger partial charge in [-0.05, 0) is 37.9 Å². The van der Waals surface area contributed by atoms with Gasteiger partial charge in [0.05, 0.1) is 6.61 Å². The first-order valence-electron chi connectivity index (χ1n) is 9.54. The molecule has 0 saturated carbocycles. The summed E-state index contributed by atoms with van der Waals surface area (Å²) in [6, 6.07) is 20.2. The maximum absolute atomic E-state index is 9.12. The lowest BCUT2D eigenvalue weighted by molar-refractivity contribution is 0.109. The quantitative estimate of drug-likeness (QED) is 0.572. The standard InChI is InChI=1S/C23H24N2O/c26-15-14-24-10-12-25(13-11-24)16-20-7-6-19-5-4-17-2-1-3-18-8-9-21(20)23(19)22(17)18/h1-9,26H,10-16H2. The normalized spacial score (nSPS) is 17.0. The average Bonchev–Trinajstić information content (AvgIpc) is 2.69. The van der Waals surface area contributed by atoms with Gasteiger partial charge in [-0.15, -0.1) is 0 Å². The van der Waals surface area contributed by atoms with Crippen molar-refractivity contribution in [3.63, 3.8) is 0 Å². The molecule has 0 spiro atoms. The Morgan fingerprint density at radius 3 is 2.04 bits per heavy atom. The minimum Gasteiger partial charge on any atom is -0.395 e. The van der Waals surface area contributed by atoms with Crippen LogP contribution in [0.5, 0.6) is 0 Å². The lowest BCUT2D eigenvalue weighted by atomic mass is 9.92. The van der Waals surface area contributed by atoms with Gasteiger partial charge in [0.25, 0.3) is 0 Å². The van der Waals surface area contributed by atoms with E-state index < -0.39 is 0 Å². The maximum Gasteiger partial charge on any atom is 0.0558 e. The van der Waals surface area contributed by atoms with Crippen LogP contribution in [0.4, 0.5) is 0 Å². The van der Waals surface area contributed by atoms with E-state index in [9.17, 15) is 0 Å². The monoisotopic (exact) mass is 344 g/mol. The van der Waals surface area contributed by atoms with Crippen molar-refractivity contribution in [2.75, 3.05) is 39.3 Å². The third kappa shape index (κ3) is 2.64. The molecule has 132 valence electrons. The predicted molar refractivity (Wildman–Crippen MR) is 109 cm³/mol. The molecule has 1 fully saturated rings. The summed E-state index contributed by atoms with van der Waals surface area (Å²) in [6.45, 7) is 6.30. The van der Waals surface area contributed by atoms with Crippen molar-refractivity contribution in [3.05, 3.63) is 60.2 Å². The van der Waals surface area contributed by atoms with E-state index in [4.69, 9.17) is 5.11 Å². The van der Waals surface area contributed by atoms with Crippen LogP contribution in [0.1, 0.15) is 5.56 Å². The van der Waals surface area contributed by atoms with E-state index in [2.05, 4.69) is 64.4 Å². The number of benzene rings is 4. The second-order valence-corrected chi connectivity index (χ2v) is 7.42. The summed E-state index contributed by atoms with van der Waals surface area (Å²) >= 11 is 0. The van der Waals surface area contributed by atoms with Gasteiger partial charge in [-0.1, -0.05) is 54.6 Å². The van der Waals surface area contributed by atoms with E-state index in [-0.39, 0.29) is 6.61 Å². The molecule has 5 rings (SSSR count). The molecule has 26 heavy (non-hydrogen) atoms. The molecule has 1 heterocycles. The Labute approximate surface area is 153 Å². The highest BCUT2D eigenvalue weighted by molar-refractivity contribution is 6.23. The van der Waals surface area contributed by atoms with E-state index in [1.807, 2.05) is 0 Å². The van der Waals surface area contributed by atoms with Gasteiger partial charge in [0.15, 0.2) is 0 Å². The van der Waals surface area contributed by atoms with E-state index in [1.54, 1.807) is 0 Å². The Hall–Kier alpha value is -2.20. The SMILES string of the molecule is OCCN1CCN(Cc2ccc3ccc4cccc5ccc2c3c45)CC1. The third-order valence-corrected chi connectivity index (χ3v) is 5.89. The summed E-state index contributed by atoms with van der Waals surface area (Å²) in [5.41, 5.74) is 1.42. The number of piperazine rings is 1. The smallest absolute Gasteiger partial charge is 0.0558 e. The first-order valence-corrected chi connectivity index (χ1v) is 9.54. The van der Waals surface area contributed by atoms with Crippen LogP contribution >= 0.6 is 0 Å². The molecule has 0 aliphatic carbocycles. The Morgan fingerprint density at radius 1 is 0.692 bits per heavy atom. The molecule has 1 aliphatic rings. The molecule has 0 unspecified atom stereocenters. The number of aliphatic hydroxyl groups is 1. The minimum absolute atomic E-state index is 0.259. The Balaban J connectivity index is 1.52. The molecule has 3 nitrogen and oxygen atoms in total. The summed E-state index contributed by atoms with van der Waals surface area (Å²) in [5.74, 6) is 0. The van der Waals surface area contributed by atoms with Crippen LogP contribution in [0, 0.1) is 0 Å². The second kappa shape index (κ2) is 6.51. The fourth-order valence-corrected chi connectivity index (χ4v) is 4.49. The number of β-amino-alcohol motifs (C(OH)–C–C–N with tert-alkyl or cyclic N) is 1. The van der Waals surface area contributed by atoms with Crippen molar-refractivity contribution in [1.82, 2.24) is 9.80 Å². The number of hydrogen-bond donors (Lipinski definition) is 1. The molecule has 0 aromatic heterocycles. The summed E-state index contributed by atoms with van der Waals surface area (Å²) in [6.07, 6.45) is 0. The summed E-state index contributed by atoms with van der Waals surface area (Å²) < 4.78 is 0. The van der Waals surface area contributed by atoms with Gasteiger partial charge >= 0.3 is 0 Å². The van der Waals surface area contributed by atoms with Crippen molar-refractivity contribution in [1.29, 1.82) is 0 Å². The van der Waals surface area contributed by atoms with Gasteiger partial charge in [0, 0.05) is 39.3 Å². The average molecular weight is 344 g/mol. The van der Waals surface area contributed by atoms with Crippen LogP contribution in [0.15, 0.2) is 54.6 Å². The maximum atomic E-state index is 9.12. The highest BCUT2D eigenvalue weighted by atomic mass is 16.3. The topological polar surface area (TPSA) is 26.7 Å². The van der Waals surface area contributed by atoms with Crippen molar-refractivity contribution < 1.29 is 5.11 Å². The van der Waals surface area contributed by atoms with Gasteiger partial charge in [-0.25, -0.2) is 0 Å². The number of hydrogen-bond acceptors (Lipinski definition) is 3. The second-order valence-electron chi connectivity index (χ2n) is 7.42. The highest BCUT2D eigenvalue weighted by Crippen LogP contribution is 2.36. The summed E-state index contributed by atoms with van der Waals surface area (Å²) in [5, 5.41) is 17.3. The van der Waals surface area contributed by atoms with Crippen LogP contribution in [0.25, 0.3) is 32.3 Å². The van der Waals surface area contributed by atoms with Crippen molar-refractivity contribution >= 4 is 32.3 Å². The fraction of sp³-hybridized carbons (Fsp3) is 0.304. The van der Waals surface area contributed by atoms with Gasteiger partial charge in [-0.3, -0.25) is 9.80 Å². The molecule has 0 atom stereocenters. The third-order valence-electron chi connectivity index (χ3n) is 5.89. The number of nitrogens with zero attached hydrogens (tertiary/aromatic N) is 2. The molecule has 1 N–H and O–H groups in total. The van der Waals surface area contributed by atoms with E-state index in [1.165, 1.54) is 37.9 Å². The van der Waals surface area contributed by atoms with Gasteiger partial charge < -0.3 is 5.11 Å². The van der Waals surface area contributed by atoms with Crippen LogP contribution in [0.2, 0.25) is 0 Å². The van der Waals surface area contributed by atoms with Crippen LogP contribution in [-0.4, -0.2) is 54.2 Å². The molecule has 0 bridgehead atoms. The molecule has 3 heteroatoms. The van der Waals surface area contributed by atoms with Crippen LogP contribution < -0.4 is 0 Å². The number of aliphatic hydroxyl groups excluding tert-OH is 1. The molecule has 1 aliphatic heterocycles. The van der Waals surface area contributed by atoms with Gasteiger partial charge in [-0.2, -0.15) is 0 Å². The number of rotatable bonds is 4. The van der Waals surface area contributed by atoms with Crippen LogP contribution in [-0.2, 0) is 6.54 Å². The minimum atomic E-state index is 0.259. The zero-order valence-corrected chi connectivity index (χ0v) is 15.0. The van der Waals surface area contributed by atoms with E-state index >= 15 is 0 Å². The van der Waals surface area contributed by atoms with Crippen molar-refractivity contribution in [2.24, 2.45) is 0 Å². The molecule has 0 amide bonds. The molecule has 4 aromatic carbocycles. The predicted octanol–water partition coefficient (Wildman–Crippen LogP) is 3.69. The molecular weight excluding hydrogens is 320 g/mol.